The van der Waals surface area contributed by atoms with Crippen molar-refractivity contribution in [1.29, 1.82) is 0 Å². The Morgan fingerprint density at radius 3 is 2.93 bits per heavy atom. The topological polar surface area (TPSA) is 39.1 Å². The van der Waals surface area contributed by atoms with E-state index in [4.69, 9.17) is 4.74 Å². The normalized spacial score (nSPS) is 18.0. The summed E-state index contributed by atoms with van der Waals surface area (Å²) in [5.41, 5.74) is 1.23. The number of methoxy groups -OCH3 is 1. The van der Waals surface area contributed by atoms with Gasteiger partial charge in [-0.2, -0.15) is 5.10 Å². The summed E-state index contributed by atoms with van der Waals surface area (Å²) in [4.78, 5) is 0. The minimum absolute atomic E-state index is 0.774. The molecule has 0 bridgehead atoms. The Hall–Kier alpha value is -1.03. The number of hydrogen-bond donors (Lipinski definition) is 1. The summed E-state index contributed by atoms with van der Waals surface area (Å²) in [5, 5.41) is 7.61. The van der Waals surface area contributed by atoms with Crippen LogP contribution in [0.15, 0.2) is 6.20 Å². The summed E-state index contributed by atoms with van der Waals surface area (Å²) in [5.74, 6) is 1.70. The minimum atomic E-state index is 0.774. The monoisotopic (exact) mass is 209 g/mol. The molecule has 0 aliphatic carbocycles. The zero-order valence-electron chi connectivity index (χ0n) is 9.49. The van der Waals surface area contributed by atoms with E-state index in [-0.39, 0.29) is 0 Å². The molecule has 4 nitrogen and oxygen atoms in total. The van der Waals surface area contributed by atoms with Crippen LogP contribution in [-0.2, 0) is 13.5 Å². The highest BCUT2D eigenvalue weighted by atomic mass is 16.5. The zero-order valence-corrected chi connectivity index (χ0v) is 9.49. The molecule has 84 valence electrons. The van der Waals surface area contributed by atoms with E-state index in [2.05, 4.69) is 10.4 Å². The van der Waals surface area contributed by atoms with Crippen LogP contribution in [0.4, 0.5) is 0 Å². The first kappa shape index (κ1) is 10.5. The SMILES string of the molecule is COc1cnn(C)c1CC1CCNCC1. The van der Waals surface area contributed by atoms with E-state index in [1.807, 2.05) is 11.7 Å². The van der Waals surface area contributed by atoms with E-state index in [1.165, 1.54) is 18.5 Å². The molecule has 1 aromatic heterocycles. The molecule has 0 atom stereocenters. The number of aryl methyl sites for hydroxylation is 1. The van der Waals surface area contributed by atoms with Gasteiger partial charge in [0.1, 0.15) is 0 Å². The van der Waals surface area contributed by atoms with E-state index in [0.717, 1.165) is 31.2 Å². The van der Waals surface area contributed by atoms with Gasteiger partial charge >= 0.3 is 0 Å². The fourth-order valence-corrected chi connectivity index (χ4v) is 2.21. The van der Waals surface area contributed by atoms with Crippen LogP contribution < -0.4 is 10.1 Å². The number of nitrogens with one attached hydrogen (secondary N) is 1. The first-order valence-corrected chi connectivity index (χ1v) is 5.57. The molecule has 1 aliphatic heterocycles. The van der Waals surface area contributed by atoms with Crippen LogP contribution in [0.1, 0.15) is 18.5 Å². The summed E-state index contributed by atoms with van der Waals surface area (Å²) in [6.45, 7) is 2.29. The molecule has 4 heteroatoms. The average molecular weight is 209 g/mol. The highest BCUT2D eigenvalue weighted by Crippen LogP contribution is 2.24. The van der Waals surface area contributed by atoms with Gasteiger partial charge < -0.3 is 10.1 Å². The molecule has 2 rings (SSSR count). The predicted octanol–water partition coefficient (Wildman–Crippen LogP) is 0.971. The largest absolute Gasteiger partial charge is 0.493 e. The lowest BCUT2D eigenvalue weighted by atomic mass is 9.93. The molecule has 1 fully saturated rings. The van der Waals surface area contributed by atoms with Gasteiger partial charge in [-0.25, -0.2) is 0 Å². The number of hydrogen-bond acceptors (Lipinski definition) is 3. The van der Waals surface area contributed by atoms with Gasteiger partial charge in [0.05, 0.1) is 19.0 Å². The average Bonchev–Trinajstić information content (AvgIpc) is 2.62. The summed E-state index contributed by atoms with van der Waals surface area (Å²) in [6, 6.07) is 0. The molecule has 0 unspecified atom stereocenters. The molecular formula is C11H19N3O. The van der Waals surface area contributed by atoms with Gasteiger partial charge in [0.2, 0.25) is 0 Å². The van der Waals surface area contributed by atoms with Crippen LogP contribution in [0.25, 0.3) is 0 Å². The Balaban J connectivity index is 2.04. The quantitative estimate of drug-likeness (QED) is 0.806. The van der Waals surface area contributed by atoms with E-state index in [1.54, 1.807) is 13.3 Å². The predicted molar refractivity (Wildman–Crippen MR) is 59.1 cm³/mol. The van der Waals surface area contributed by atoms with E-state index in [0.29, 0.717) is 0 Å². The first-order chi connectivity index (χ1) is 7.31. The van der Waals surface area contributed by atoms with Crippen molar-refractivity contribution in [2.45, 2.75) is 19.3 Å². The van der Waals surface area contributed by atoms with Crippen LogP contribution in [0.3, 0.4) is 0 Å². The van der Waals surface area contributed by atoms with Gasteiger partial charge in [0.15, 0.2) is 5.75 Å². The van der Waals surface area contributed by atoms with Crippen LogP contribution in [0.5, 0.6) is 5.75 Å². The number of ether oxygens (including phenoxy) is 1. The summed E-state index contributed by atoms with van der Waals surface area (Å²) < 4.78 is 7.24. The molecule has 1 aliphatic rings. The van der Waals surface area contributed by atoms with Gasteiger partial charge in [-0.3, -0.25) is 4.68 Å². The Labute approximate surface area is 90.6 Å². The lowest BCUT2D eigenvalue weighted by Crippen LogP contribution is -2.29. The van der Waals surface area contributed by atoms with Gasteiger partial charge in [-0.05, 0) is 38.3 Å². The smallest absolute Gasteiger partial charge is 0.159 e. The number of nitrogens with zero attached hydrogens (tertiary/aromatic N) is 2. The van der Waals surface area contributed by atoms with Crippen LogP contribution in [0, 0.1) is 5.92 Å². The molecular weight excluding hydrogens is 190 g/mol. The van der Waals surface area contributed by atoms with E-state index in [9.17, 15) is 0 Å². The van der Waals surface area contributed by atoms with Crippen molar-refractivity contribution < 1.29 is 4.74 Å². The summed E-state index contributed by atoms with van der Waals surface area (Å²) in [7, 11) is 3.70. The van der Waals surface area contributed by atoms with E-state index >= 15 is 0 Å². The number of piperidine rings is 1. The van der Waals surface area contributed by atoms with Gasteiger partial charge in [0.25, 0.3) is 0 Å². The second-order valence-electron chi connectivity index (χ2n) is 4.18. The lowest BCUT2D eigenvalue weighted by Gasteiger charge is -2.22. The van der Waals surface area contributed by atoms with Crippen molar-refractivity contribution >= 4 is 0 Å². The van der Waals surface area contributed by atoms with Crippen molar-refractivity contribution in [3.05, 3.63) is 11.9 Å². The molecule has 0 spiro atoms. The Morgan fingerprint density at radius 2 is 2.27 bits per heavy atom. The van der Waals surface area contributed by atoms with Crippen molar-refractivity contribution in [1.82, 2.24) is 15.1 Å². The van der Waals surface area contributed by atoms with Gasteiger partial charge in [0, 0.05) is 7.05 Å². The third-order valence-corrected chi connectivity index (χ3v) is 3.18. The minimum Gasteiger partial charge on any atom is -0.493 e. The summed E-state index contributed by atoms with van der Waals surface area (Å²) in [6.07, 6.45) is 5.40. The van der Waals surface area contributed by atoms with Crippen molar-refractivity contribution in [2.75, 3.05) is 20.2 Å². The molecule has 1 N–H and O–H groups in total. The molecule has 0 saturated carbocycles. The van der Waals surface area contributed by atoms with Crippen LogP contribution in [-0.4, -0.2) is 30.0 Å². The Kier molecular flexibility index (Phi) is 3.26. The lowest BCUT2D eigenvalue weighted by molar-refractivity contribution is 0.354. The maximum Gasteiger partial charge on any atom is 0.159 e. The number of aromatic nitrogens is 2. The van der Waals surface area contributed by atoms with Gasteiger partial charge in [-0.15, -0.1) is 0 Å². The van der Waals surface area contributed by atoms with Crippen molar-refractivity contribution in [3.63, 3.8) is 0 Å². The molecule has 0 amide bonds. The highest BCUT2D eigenvalue weighted by Gasteiger charge is 2.18. The third kappa shape index (κ3) is 2.31. The number of rotatable bonds is 3. The second kappa shape index (κ2) is 4.66. The van der Waals surface area contributed by atoms with Gasteiger partial charge in [-0.1, -0.05) is 0 Å². The van der Waals surface area contributed by atoms with E-state index < -0.39 is 0 Å². The third-order valence-electron chi connectivity index (χ3n) is 3.18. The molecule has 2 heterocycles. The van der Waals surface area contributed by atoms with Crippen molar-refractivity contribution in [3.8, 4) is 5.75 Å². The fourth-order valence-electron chi connectivity index (χ4n) is 2.21. The first-order valence-electron chi connectivity index (χ1n) is 5.57. The molecule has 15 heavy (non-hydrogen) atoms. The molecule has 1 saturated heterocycles. The second-order valence-corrected chi connectivity index (χ2v) is 4.18. The Morgan fingerprint density at radius 1 is 1.53 bits per heavy atom. The maximum absolute atomic E-state index is 5.31. The Bertz CT molecular complexity index is 316. The molecule has 0 radical (unpaired) electrons. The maximum atomic E-state index is 5.31. The fraction of sp³-hybridized carbons (Fsp3) is 0.727. The summed E-state index contributed by atoms with van der Waals surface area (Å²) >= 11 is 0. The zero-order chi connectivity index (χ0) is 10.7. The van der Waals surface area contributed by atoms with Crippen molar-refractivity contribution in [2.24, 2.45) is 13.0 Å². The highest BCUT2D eigenvalue weighted by molar-refractivity contribution is 5.25. The standard InChI is InChI=1S/C11H19N3O/c1-14-10(11(15-2)8-13-14)7-9-3-5-12-6-4-9/h8-9,12H,3-7H2,1-2H3. The molecule has 1 aromatic rings. The van der Waals surface area contributed by atoms with Crippen LogP contribution in [0.2, 0.25) is 0 Å². The molecule has 0 aromatic carbocycles. The van der Waals surface area contributed by atoms with Crippen LogP contribution >= 0.6 is 0 Å².